The SMILES string of the molecule is CCCCCC1(CCCCC)OC(=O)C=C1N1CCCCC1C. The first-order chi connectivity index (χ1) is 11.1. The van der Waals surface area contributed by atoms with Crippen LogP contribution in [0.25, 0.3) is 0 Å². The third-order valence-corrected chi connectivity index (χ3v) is 5.50. The van der Waals surface area contributed by atoms with E-state index in [-0.39, 0.29) is 11.6 Å². The lowest BCUT2D eigenvalue weighted by Crippen LogP contribution is -2.45. The predicted molar refractivity (Wildman–Crippen MR) is 95.2 cm³/mol. The second-order valence-corrected chi connectivity index (χ2v) is 7.40. The number of cyclic esters (lactones) is 1. The minimum Gasteiger partial charge on any atom is -0.449 e. The van der Waals surface area contributed by atoms with Crippen molar-refractivity contribution in [1.29, 1.82) is 0 Å². The zero-order valence-electron chi connectivity index (χ0n) is 15.4. The minimum atomic E-state index is -0.340. The molecule has 1 saturated heterocycles. The summed E-state index contributed by atoms with van der Waals surface area (Å²) in [6.07, 6.45) is 14.7. The maximum Gasteiger partial charge on any atom is 0.333 e. The Morgan fingerprint density at radius 3 is 2.35 bits per heavy atom. The van der Waals surface area contributed by atoms with Crippen LogP contribution in [0.5, 0.6) is 0 Å². The highest BCUT2D eigenvalue weighted by molar-refractivity contribution is 5.86. The van der Waals surface area contributed by atoms with Crippen molar-refractivity contribution in [2.45, 2.75) is 103 Å². The Labute approximate surface area is 142 Å². The van der Waals surface area contributed by atoms with Crippen molar-refractivity contribution in [1.82, 2.24) is 4.90 Å². The number of carbonyl (C=O) groups is 1. The summed E-state index contributed by atoms with van der Waals surface area (Å²) in [5, 5.41) is 0. The van der Waals surface area contributed by atoms with E-state index in [9.17, 15) is 4.79 Å². The van der Waals surface area contributed by atoms with E-state index in [1.807, 2.05) is 0 Å². The Bertz CT molecular complexity index is 406. The van der Waals surface area contributed by atoms with Gasteiger partial charge in [0, 0.05) is 18.7 Å². The fourth-order valence-corrected chi connectivity index (χ4v) is 4.12. The van der Waals surface area contributed by atoms with Gasteiger partial charge < -0.3 is 9.64 Å². The molecule has 1 unspecified atom stereocenters. The molecule has 0 bridgehead atoms. The molecule has 23 heavy (non-hydrogen) atoms. The molecule has 0 aromatic carbocycles. The van der Waals surface area contributed by atoms with Crippen molar-refractivity contribution in [2.75, 3.05) is 6.54 Å². The lowest BCUT2D eigenvalue weighted by molar-refractivity contribution is -0.148. The van der Waals surface area contributed by atoms with Crippen molar-refractivity contribution >= 4 is 5.97 Å². The smallest absolute Gasteiger partial charge is 0.333 e. The van der Waals surface area contributed by atoms with Gasteiger partial charge in [-0.3, -0.25) is 0 Å². The molecular formula is C20H35NO2. The molecule has 0 aromatic heterocycles. The number of carbonyl (C=O) groups excluding carboxylic acids is 1. The number of likely N-dealkylation sites (tertiary alicyclic amines) is 1. The summed E-state index contributed by atoms with van der Waals surface area (Å²) in [6.45, 7) is 7.83. The molecule has 0 N–H and O–H groups in total. The van der Waals surface area contributed by atoms with Gasteiger partial charge in [0.1, 0.15) is 0 Å². The molecule has 132 valence electrons. The Kier molecular flexibility index (Phi) is 6.98. The van der Waals surface area contributed by atoms with E-state index >= 15 is 0 Å². The van der Waals surface area contributed by atoms with Gasteiger partial charge in [-0.15, -0.1) is 0 Å². The van der Waals surface area contributed by atoms with Crippen LogP contribution < -0.4 is 0 Å². The van der Waals surface area contributed by atoms with E-state index in [1.54, 1.807) is 6.08 Å². The van der Waals surface area contributed by atoms with E-state index < -0.39 is 0 Å². The zero-order chi connectivity index (χ0) is 16.7. The van der Waals surface area contributed by atoms with Crippen LogP contribution in [0.4, 0.5) is 0 Å². The van der Waals surface area contributed by atoms with Crippen LogP contribution in [0.3, 0.4) is 0 Å². The summed E-state index contributed by atoms with van der Waals surface area (Å²) < 4.78 is 5.98. The third-order valence-electron chi connectivity index (χ3n) is 5.50. The van der Waals surface area contributed by atoms with Crippen LogP contribution in [-0.2, 0) is 9.53 Å². The number of hydrogen-bond acceptors (Lipinski definition) is 3. The molecule has 0 aromatic rings. The summed E-state index contributed by atoms with van der Waals surface area (Å²) in [5.74, 6) is -0.120. The Morgan fingerprint density at radius 1 is 1.13 bits per heavy atom. The highest BCUT2D eigenvalue weighted by Crippen LogP contribution is 2.41. The Balaban J connectivity index is 2.18. The van der Waals surface area contributed by atoms with Gasteiger partial charge in [-0.1, -0.05) is 39.5 Å². The van der Waals surface area contributed by atoms with Crippen molar-refractivity contribution < 1.29 is 9.53 Å². The second kappa shape index (κ2) is 8.75. The van der Waals surface area contributed by atoms with E-state index in [1.165, 1.54) is 50.6 Å². The van der Waals surface area contributed by atoms with Crippen LogP contribution in [0.15, 0.2) is 11.8 Å². The number of piperidine rings is 1. The summed E-state index contributed by atoms with van der Waals surface area (Å²) in [4.78, 5) is 14.6. The molecule has 0 spiro atoms. The van der Waals surface area contributed by atoms with Gasteiger partial charge in [0.05, 0.1) is 5.70 Å². The fourth-order valence-electron chi connectivity index (χ4n) is 4.12. The molecule has 2 heterocycles. The minimum absolute atomic E-state index is 0.120. The molecule has 3 heteroatoms. The lowest BCUT2D eigenvalue weighted by atomic mass is 9.85. The number of nitrogens with zero attached hydrogens (tertiary/aromatic N) is 1. The lowest BCUT2D eigenvalue weighted by Gasteiger charge is -2.43. The Hall–Kier alpha value is -0.990. The number of ether oxygens (including phenoxy) is 1. The molecular weight excluding hydrogens is 286 g/mol. The quantitative estimate of drug-likeness (QED) is 0.432. The first-order valence-electron chi connectivity index (χ1n) is 9.84. The molecule has 3 nitrogen and oxygen atoms in total. The molecule has 2 aliphatic heterocycles. The topological polar surface area (TPSA) is 29.5 Å². The summed E-state index contributed by atoms with van der Waals surface area (Å²) in [5.41, 5.74) is 0.856. The largest absolute Gasteiger partial charge is 0.449 e. The molecule has 0 radical (unpaired) electrons. The summed E-state index contributed by atoms with van der Waals surface area (Å²) >= 11 is 0. The van der Waals surface area contributed by atoms with Crippen LogP contribution in [0.1, 0.15) is 91.4 Å². The molecule has 1 fully saturated rings. The van der Waals surface area contributed by atoms with Gasteiger partial charge in [0.25, 0.3) is 0 Å². The van der Waals surface area contributed by atoms with Crippen LogP contribution >= 0.6 is 0 Å². The van der Waals surface area contributed by atoms with E-state index in [0.717, 1.165) is 32.2 Å². The molecule has 1 atom stereocenters. The van der Waals surface area contributed by atoms with Gasteiger partial charge in [0.2, 0.25) is 0 Å². The highest BCUT2D eigenvalue weighted by Gasteiger charge is 2.45. The average Bonchev–Trinajstić information content (AvgIpc) is 2.85. The van der Waals surface area contributed by atoms with Gasteiger partial charge in [-0.2, -0.15) is 0 Å². The molecule has 0 amide bonds. The maximum atomic E-state index is 12.2. The van der Waals surface area contributed by atoms with Crippen molar-refractivity contribution in [2.24, 2.45) is 0 Å². The van der Waals surface area contributed by atoms with Crippen LogP contribution in [-0.4, -0.2) is 29.1 Å². The number of esters is 1. The van der Waals surface area contributed by atoms with Crippen molar-refractivity contribution in [3.8, 4) is 0 Å². The number of unbranched alkanes of at least 4 members (excludes halogenated alkanes) is 4. The number of rotatable bonds is 9. The maximum absolute atomic E-state index is 12.2. The van der Waals surface area contributed by atoms with Gasteiger partial charge in [-0.25, -0.2) is 4.79 Å². The van der Waals surface area contributed by atoms with Crippen molar-refractivity contribution in [3.63, 3.8) is 0 Å². The normalized spacial score (nSPS) is 23.8. The monoisotopic (exact) mass is 321 g/mol. The second-order valence-electron chi connectivity index (χ2n) is 7.40. The van der Waals surface area contributed by atoms with E-state index in [4.69, 9.17) is 4.74 Å². The fraction of sp³-hybridized carbons (Fsp3) is 0.850. The molecule has 2 rings (SSSR count). The Morgan fingerprint density at radius 2 is 1.78 bits per heavy atom. The van der Waals surface area contributed by atoms with Crippen LogP contribution in [0, 0.1) is 0 Å². The standard InChI is InChI=1S/C20H35NO2/c1-4-6-9-13-20(14-10-7-5-2)18(16-19(22)23-20)21-15-11-8-12-17(21)3/h16-17H,4-15H2,1-3H3. The van der Waals surface area contributed by atoms with Crippen LogP contribution in [0.2, 0.25) is 0 Å². The predicted octanol–water partition coefficient (Wildman–Crippen LogP) is 5.20. The first-order valence-corrected chi connectivity index (χ1v) is 9.84. The molecule has 0 saturated carbocycles. The molecule has 0 aliphatic carbocycles. The summed E-state index contributed by atoms with van der Waals surface area (Å²) in [7, 11) is 0. The zero-order valence-corrected chi connectivity index (χ0v) is 15.4. The van der Waals surface area contributed by atoms with Gasteiger partial charge in [0.15, 0.2) is 5.60 Å². The average molecular weight is 322 g/mol. The third kappa shape index (κ3) is 4.51. The van der Waals surface area contributed by atoms with Crippen molar-refractivity contribution in [3.05, 3.63) is 11.8 Å². The van der Waals surface area contributed by atoms with E-state index in [2.05, 4.69) is 25.7 Å². The first kappa shape index (κ1) is 18.4. The van der Waals surface area contributed by atoms with E-state index in [0.29, 0.717) is 6.04 Å². The number of hydrogen-bond donors (Lipinski definition) is 0. The summed E-state index contributed by atoms with van der Waals surface area (Å²) in [6, 6.07) is 0.529. The molecule has 2 aliphatic rings. The highest BCUT2D eigenvalue weighted by atomic mass is 16.6. The van der Waals surface area contributed by atoms with Gasteiger partial charge in [-0.05, 0) is 51.9 Å². The van der Waals surface area contributed by atoms with Gasteiger partial charge >= 0.3 is 5.97 Å².